The van der Waals surface area contributed by atoms with Crippen molar-refractivity contribution in [3.63, 3.8) is 0 Å². The van der Waals surface area contributed by atoms with Crippen LogP contribution in [0.3, 0.4) is 0 Å². The van der Waals surface area contributed by atoms with Gasteiger partial charge in [-0.25, -0.2) is 9.07 Å². The Balaban J connectivity index is 1.57. The standard InChI is InChI=1S/C28H25FN4O/c1-18(2)19-11-13-23(14-12-19)30-17-21-16-25-26(20-7-6-8-22(29)15-20)32-33(27(25)31-28(21)34)24-9-4-3-5-10-24/h3-16,18,30H,17H2,1-2H3,(H,31,34). The number of anilines is 1. The summed E-state index contributed by atoms with van der Waals surface area (Å²) < 4.78 is 15.7. The second-order valence-corrected chi connectivity index (χ2v) is 8.62. The molecule has 5 nitrogen and oxygen atoms in total. The largest absolute Gasteiger partial charge is 0.381 e. The van der Waals surface area contributed by atoms with E-state index in [9.17, 15) is 9.18 Å². The lowest BCUT2D eigenvalue weighted by Gasteiger charge is -2.09. The van der Waals surface area contributed by atoms with Gasteiger partial charge < -0.3 is 10.3 Å². The Morgan fingerprint density at radius 1 is 0.971 bits per heavy atom. The Morgan fingerprint density at radius 3 is 2.44 bits per heavy atom. The molecule has 0 spiro atoms. The lowest BCUT2D eigenvalue weighted by atomic mass is 10.0. The highest BCUT2D eigenvalue weighted by molar-refractivity contribution is 5.92. The molecule has 0 aliphatic carbocycles. The number of pyridine rings is 1. The van der Waals surface area contributed by atoms with E-state index in [-0.39, 0.29) is 11.4 Å². The van der Waals surface area contributed by atoms with Gasteiger partial charge in [0, 0.05) is 28.7 Å². The van der Waals surface area contributed by atoms with Crippen molar-refractivity contribution in [3.05, 3.63) is 112 Å². The highest BCUT2D eigenvalue weighted by Gasteiger charge is 2.17. The van der Waals surface area contributed by atoms with Crippen LogP contribution in [0.15, 0.2) is 89.7 Å². The quantitative estimate of drug-likeness (QED) is 0.320. The molecule has 2 aromatic heterocycles. The maximum Gasteiger partial charge on any atom is 0.254 e. The summed E-state index contributed by atoms with van der Waals surface area (Å²) in [6.07, 6.45) is 0. The maximum atomic E-state index is 14.0. The van der Waals surface area contributed by atoms with Gasteiger partial charge in [-0.15, -0.1) is 0 Å². The van der Waals surface area contributed by atoms with Gasteiger partial charge in [-0.05, 0) is 53.9 Å². The molecule has 0 bridgehead atoms. The van der Waals surface area contributed by atoms with Crippen molar-refractivity contribution in [2.24, 2.45) is 0 Å². The number of benzene rings is 3. The lowest BCUT2D eigenvalue weighted by molar-refractivity contribution is 0.628. The van der Waals surface area contributed by atoms with Crippen LogP contribution in [0.5, 0.6) is 0 Å². The van der Waals surface area contributed by atoms with Gasteiger partial charge in [0.15, 0.2) is 0 Å². The first-order valence-electron chi connectivity index (χ1n) is 11.3. The molecule has 0 aliphatic rings. The third-order valence-corrected chi connectivity index (χ3v) is 5.92. The summed E-state index contributed by atoms with van der Waals surface area (Å²) in [6.45, 7) is 4.66. The van der Waals surface area contributed by atoms with Gasteiger partial charge in [0.25, 0.3) is 5.56 Å². The fourth-order valence-electron chi connectivity index (χ4n) is 4.03. The number of halogens is 1. The first kappa shape index (κ1) is 21.6. The average molecular weight is 453 g/mol. The monoisotopic (exact) mass is 452 g/mol. The Kier molecular flexibility index (Phi) is 5.72. The molecule has 0 atom stereocenters. The van der Waals surface area contributed by atoms with Crippen molar-refractivity contribution in [1.29, 1.82) is 0 Å². The third-order valence-electron chi connectivity index (χ3n) is 5.92. The van der Waals surface area contributed by atoms with E-state index < -0.39 is 0 Å². The lowest BCUT2D eigenvalue weighted by Crippen LogP contribution is -2.16. The van der Waals surface area contributed by atoms with Crippen molar-refractivity contribution in [2.75, 3.05) is 5.32 Å². The first-order chi connectivity index (χ1) is 16.5. The van der Waals surface area contributed by atoms with Crippen LogP contribution in [0.4, 0.5) is 10.1 Å². The van der Waals surface area contributed by atoms with Gasteiger partial charge in [0.2, 0.25) is 0 Å². The van der Waals surface area contributed by atoms with Gasteiger partial charge in [0.1, 0.15) is 17.2 Å². The first-order valence-corrected chi connectivity index (χ1v) is 11.3. The topological polar surface area (TPSA) is 62.7 Å². The highest BCUT2D eigenvalue weighted by Crippen LogP contribution is 2.29. The van der Waals surface area contributed by atoms with Crippen molar-refractivity contribution >= 4 is 16.7 Å². The third kappa shape index (κ3) is 4.22. The summed E-state index contributed by atoms with van der Waals surface area (Å²) in [5.74, 6) is 0.123. The van der Waals surface area contributed by atoms with Gasteiger partial charge in [-0.1, -0.05) is 56.3 Å². The molecule has 0 saturated carbocycles. The van der Waals surface area contributed by atoms with E-state index in [1.165, 1.54) is 17.7 Å². The summed E-state index contributed by atoms with van der Waals surface area (Å²) in [5, 5.41) is 8.84. The smallest absolute Gasteiger partial charge is 0.254 e. The van der Waals surface area contributed by atoms with E-state index in [1.54, 1.807) is 10.7 Å². The summed E-state index contributed by atoms with van der Waals surface area (Å²) in [5.41, 5.74) is 5.22. The maximum absolute atomic E-state index is 14.0. The number of rotatable bonds is 6. The number of aromatic amines is 1. The van der Waals surface area contributed by atoms with Crippen LogP contribution < -0.4 is 10.9 Å². The Hall–Kier alpha value is -4.19. The average Bonchev–Trinajstić information content (AvgIpc) is 3.21. The molecule has 0 fully saturated rings. The Bertz CT molecular complexity index is 1500. The van der Waals surface area contributed by atoms with Crippen molar-refractivity contribution in [3.8, 4) is 16.9 Å². The molecule has 5 aromatic rings. The zero-order chi connectivity index (χ0) is 23.7. The molecule has 0 unspecified atom stereocenters. The fourth-order valence-corrected chi connectivity index (χ4v) is 4.03. The van der Waals surface area contributed by atoms with Crippen LogP contribution in [-0.4, -0.2) is 14.8 Å². The molecule has 0 saturated heterocycles. The zero-order valence-corrected chi connectivity index (χ0v) is 19.0. The molecule has 0 amide bonds. The minimum atomic E-state index is -0.337. The second kappa shape index (κ2) is 8.98. The molecule has 2 heterocycles. The van der Waals surface area contributed by atoms with Crippen LogP contribution in [-0.2, 0) is 6.54 Å². The number of hydrogen-bond acceptors (Lipinski definition) is 3. The van der Waals surface area contributed by atoms with Crippen LogP contribution in [0, 0.1) is 5.82 Å². The summed E-state index contributed by atoms with van der Waals surface area (Å²) in [4.78, 5) is 16.0. The molecular weight excluding hydrogens is 427 g/mol. The summed E-state index contributed by atoms with van der Waals surface area (Å²) in [7, 11) is 0. The van der Waals surface area contributed by atoms with Gasteiger partial charge >= 0.3 is 0 Å². The number of fused-ring (bicyclic) bond motifs is 1. The summed E-state index contributed by atoms with van der Waals surface area (Å²) >= 11 is 0. The number of nitrogens with one attached hydrogen (secondary N) is 2. The fraction of sp³-hybridized carbons (Fsp3) is 0.143. The minimum absolute atomic E-state index is 0.193. The summed E-state index contributed by atoms with van der Waals surface area (Å²) in [6, 6.07) is 26.0. The van der Waals surface area contributed by atoms with Crippen molar-refractivity contribution in [1.82, 2.24) is 14.8 Å². The minimum Gasteiger partial charge on any atom is -0.381 e. The molecule has 0 aliphatic heterocycles. The van der Waals surface area contributed by atoms with Crippen LogP contribution in [0.2, 0.25) is 0 Å². The van der Waals surface area contributed by atoms with E-state index in [1.807, 2.05) is 54.6 Å². The van der Waals surface area contributed by atoms with E-state index in [0.717, 1.165) is 16.8 Å². The van der Waals surface area contributed by atoms with Gasteiger partial charge in [-0.2, -0.15) is 5.10 Å². The number of H-pyrrole nitrogens is 1. The molecule has 2 N–H and O–H groups in total. The Morgan fingerprint density at radius 2 is 1.74 bits per heavy atom. The number of para-hydroxylation sites is 1. The zero-order valence-electron chi connectivity index (χ0n) is 19.0. The Labute approximate surface area is 196 Å². The number of nitrogens with zero attached hydrogens (tertiary/aromatic N) is 2. The number of aromatic nitrogens is 3. The predicted octanol–water partition coefficient (Wildman–Crippen LogP) is 6.26. The van der Waals surface area contributed by atoms with E-state index >= 15 is 0 Å². The molecule has 6 heteroatoms. The SMILES string of the molecule is CC(C)c1ccc(NCc2cc3c(-c4cccc(F)c4)nn(-c4ccccc4)c3[nH]c2=O)cc1. The molecule has 3 aromatic carbocycles. The van der Waals surface area contributed by atoms with Crippen LogP contribution in [0.25, 0.3) is 28.0 Å². The van der Waals surface area contributed by atoms with Crippen molar-refractivity contribution in [2.45, 2.75) is 26.3 Å². The van der Waals surface area contributed by atoms with Crippen LogP contribution in [0.1, 0.15) is 30.9 Å². The molecule has 170 valence electrons. The number of hydrogen-bond donors (Lipinski definition) is 2. The van der Waals surface area contributed by atoms with E-state index in [2.05, 4.69) is 36.3 Å². The molecule has 5 rings (SSSR count). The second-order valence-electron chi connectivity index (χ2n) is 8.62. The van der Waals surface area contributed by atoms with Gasteiger partial charge in [-0.3, -0.25) is 4.79 Å². The normalized spacial score (nSPS) is 11.3. The van der Waals surface area contributed by atoms with E-state index in [0.29, 0.717) is 34.9 Å². The van der Waals surface area contributed by atoms with Crippen LogP contribution >= 0.6 is 0 Å². The highest BCUT2D eigenvalue weighted by atomic mass is 19.1. The predicted molar refractivity (Wildman–Crippen MR) is 135 cm³/mol. The van der Waals surface area contributed by atoms with E-state index in [4.69, 9.17) is 5.10 Å². The van der Waals surface area contributed by atoms with Gasteiger partial charge in [0.05, 0.1) is 5.69 Å². The molecular formula is C28H25FN4O. The molecule has 34 heavy (non-hydrogen) atoms. The van der Waals surface area contributed by atoms with Crippen molar-refractivity contribution < 1.29 is 4.39 Å². The molecule has 0 radical (unpaired) electrons.